The van der Waals surface area contributed by atoms with Crippen LogP contribution in [0.3, 0.4) is 0 Å². The highest BCUT2D eigenvalue weighted by Crippen LogP contribution is 2.26. The number of ether oxygens (including phenoxy) is 1. The molecule has 2 radical (unpaired) electrons. The van der Waals surface area contributed by atoms with Gasteiger partial charge in [0, 0.05) is 17.3 Å². The third-order valence-electron chi connectivity index (χ3n) is 3.30. The largest absolute Gasteiger partial charge is 0.495 e. The monoisotopic (exact) mass is 346 g/mol. The van der Waals surface area contributed by atoms with Crippen LogP contribution in [0.15, 0.2) is 41.3 Å². The van der Waals surface area contributed by atoms with Crippen LogP contribution in [-0.4, -0.2) is 34.4 Å². The van der Waals surface area contributed by atoms with Crippen molar-refractivity contribution in [3.63, 3.8) is 0 Å². The molecular formula is C15H15BN2O5S. The fourth-order valence-corrected chi connectivity index (χ4v) is 2.75. The van der Waals surface area contributed by atoms with E-state index >= 15 is 0 Å². The summed E-state index contributed by atoms with van der Waals surface area (Å²) >= 11 is 0. The van der Waals surface area contributed by atoms with Gasteiger partial charge in [-0.2, -0.15) is 0 Å². The first kappa shape index (κ1) is 18.0. The number of nitrogens with two attached hydrogens (primary N) is 1. The van der Waals surface area contributed by atoms with Crippen molar-refractivity contribution in [2.75, 3.05) is 12.4 Å². The van der Waals surface area contributed by atoms with E-state index in [4.69, 9.17) is 17.7 Å². The zero-order chi connectivity index (χ0) is 17.9. The number of hydrogen-bond acceptors (Lipinski definition) is 5. The van der Waals surface area contributed by atoms with Crippen LogP contribution >= 0.6 is 0 Å². The number of primary sulfonamides is 1. The first-order chi connectivity index (χ1) is 11.3. The van der Waals surface area contributed by atoms with Crippen molar-refractivity contribution in [1.29, 1.82) is 0 Å². The number of benzene rings is 2. The predicted molar refractivity (Wildman–Crippen MR) is 90.1 cm³/mol. The first-order valence-electron chi connectivity index (χ1n) is 6.77. The van der Waals surface area contributed by atoms with Crippen LogP contribution in [0.1, 0.15) is 15.9 Å². The first-order valence-corrected chi connectivity index (χ1v) is 8.32. The quantitative estimate of drug-likeness (QED) is 0.653. The molecule has 0 aliphatic rings. The van der Waals surface area contributed by atoms with Crippen molar-refractivity contribution in [3.8, 4) is 5.75 Å². The molecule has 1 amide bonds. The lowest BCUT2D eigenvalue weighted by Gasteiger charge is -2.11. The smallest absolute Gasteiger partial charge is 0.255 e. The molecule has 0 heterocycles. The van der Waals surface area contributed by atoms with E-state index in [2.05, 4.69) is 5.32 Å². The molecule has 124 valence electrons. The van der Waals surface area contributed by atoms with Gasteiger partial charge in [0.2, 0.25) is 10.0 Å². The second-order valence-corrected chi connectivity index (χ2v) is 6.47. The average molecular weight is 346 g/mol. The van der Waals surface area contributed by atoms with Crippen molar-refractivity contribution >= 4 is 34.9 Å². The number of nitrogens with one attached hydrogen (secondary N) is 1. The Hall–Kier alpha value is -2.36. The Kier molecular flexibility index (Phi) is 5.28. The number of hydrogen-bond donors (Lipinski definition) is 3. The highest BCUT2D eigenvalue weighted by molar-refractivity contribution is 7.89. The molecular weight excluding hydrogens is 331 g/mol. The number of carbonyl (C=O) groups excluding carboxylic acids is 1. The highest BCUT2D eigenvalue weighted by Gasteiger charge is 2.16. The van der Waals surface area contributed by atoms with Crippen LogP contribution in [0.5, 0.6) is 5.75 Å². The number of carbonyl (C=O) groups is 1. The molecule has 0 bridgehead atoms. The maximum Gasteiger partial charge on any atom is 0.255 e. The van der Waals surface area contributed by atoms with Gasteiger partial charge in [0.15, 0.2) is 0 Å². The summed E-state index contributed by atoms with van der Waals surface area (Å²) in [5, 5.41) is 16.9. The van der Waals surface area contributed by atoms with E-state index in [9.17, 15) is 18.3 Å². The van der Waals surface area contributed by atoms with Gasteiger partial charge in [-0.3, -0.25) is 4.79 Å². The lowest BCUT2D eigenvalue weighted by molar-refractivity contribution is 0.102. The van der Waals surface area contributed by atoms with E-state index in [-0.39, 0.29) is 17.3 Å². The molecule has 0 aromatic heterocycles. The van der Waals surface area contributed by atoms with Gasteiger partial charge in [0.25, 0.3) is 5.91 Å². The lowest BCUT2D eigenvalue weighted by atomic mass is 9.89. The minimum Gasteiger partial charge on any atom is -0.495 e. The van der Waals surface area contributed by atoms with Gasteiger partial charge < -0.3 is 15.2 Å². The van der Waals surface area contributed by atoms with Gasteiger partial charge in [-0.15, -0.1) is 0 Å². The summed E-state index contributed by atoms with van der Waals surface area (Å²) in [7, 11) is 3.03. The third-order valence-corrected chi connectivity index (χ3v) is 4.25. The van der Waals surface area contributed by atoms with Gasteiger partial charge in [-0.05, 0) is 23.8 Å². The summed E-state index contributed by atoms with van der Waals surface area (Å²) < 4.78 is 27.9. The molecule has 0 aliphatic carbocycles. The zero-order valence-electron chi connectivity index (χ0n) is 12.8. The Balaban J connectivity index is 2.29. The number of rotatable bonds is 5. The molecule has 4 N–H and O–H groups in total. The molecule has 2 rings (SSSR count). The standard InChI is InChI=1S/C15H15BN2O5S/c1-23-13-7-11(3-5-14(13)24(17,21)22)18-15(20)9-2-4-12(16)10(6-9)8-19/h2-7,19H,8H2,1H3,(H,18,20)(H2,17,21,22). The molecule has 0 saturated carbocycles. The molecule has 2 aromatic carbocycles. The van der Waals surface area contributed by atoms with E-state index in [1.165, 1.54) is 43.5 Å². The maximum absolute atomic E-state index is 12.3. The number of sulfonamides is 1. The van der Waals surface area contributed by atoms with Crippen LogP contribution in [0, 0.1) is 0 Å². The zero-order valence-corrected chi connectivity index (χ0v) is 13.6. The summed E-state index contributed by atoms with van der Waals surface area (Å²) in [5.74, 6) is -0.432. The highest BCUT2D eigenvalue weighted by atomic mass is 32.2. The van der Waals surface area contributed by atoms with E-state index < -0.39 is 15.9 Å². The Bertz CT molecular complexity index is 883. The Labute approximate surface area is 140 Å². The van der Waals surface area contributed by atoms with Crippen molar-refractivity contribution in [2.45, 2.75) is 11.5 Å². The molecule has 9 heteroatoms. The second kappa shape index (κ2) is 7.04. The van der Waals surface area contributed by atoms with E-state index in [1.54, 1.807) is 0 Å². The molecule has 0 unspecified atom stereocenters. The fraction of sp³-hybridized carbons (Fsp3) is 0.133. The van der Waals surface area contributed by atoms with Gasteiger partial charge in [0.1, 0.15) is 18.5 Å². The van der Waals surface area contributed by atoms with Crippen LogP contribution in [0.4, 0.5) is 5.69 Å². The Morgan fingerprint density at radius 2 is 2.00 bits per heavy atom. The van der Waals surface area contributed by atoms with Crippen LogP contribution in [0.2, 0.25) is 0 Å². The SMILES string of the molecule is [B]c1ccc(C(=O)Nc2ccc(S(N)(=O)=O)c(OC)c2)cc1CO. The van der Waals surface area contributed by atoms with E-state index in [0.29, 0.717) is 22.3 Å². The van der Waals surface area contributed by atoms with Crippen LogP contribution in [0.25, 0.3) is 0 Å². The number of amides is 1. The van der Waals surface area contributed by atoms with Gasteiger partial charge in [-0.25, -0.2) is 13.6 Å². The normalized spacial score (nSPS) is 11.1. The van der Waals surface area contributed by atoms with Crippen molar-refractivity contribution < 1.29 is 23.1 Å². The van der Waals surface area contributed by atoms with Crippen LogP contribution < -0.4 is 20.7 Å². The average Bonchev–Trinajstić information content (AvgIpc) is 2.54. The van der Waals surface area contributed by atoms with E-state index in [1.807, 2.05) is 0 Å². The van der Waals surface area contributed by atoms with Crippen LogP contribution in [-0.2, 0) is 16.6 Å². The molecule has 0 atom stereocenters. The molecule has 24 heavy (non-hydrogen) atoms. The number of anilines is 1. The van der Waals surface area contributed by atoms with Gasteiger partial charge in [0.05, 0.1) is 13.7 Å². The second-order valence-electron chi connectivity index (χ2n) is 4.94. The molecule has 0 aliphatic heterocycles. The number of methoxy groups -OCH3 is 1. The summed E-state index contributed by atoms with van der Waals surface area (Å²) in [6, 6.07) is 8.49. The van der Waals surface area contributed by atoms with Gasteiger partial charge >= 0.3 is 0 Å². The lowest BCUT2D eigenvalue weighted by Crippen LogP contribution is -2.17. The minimum atomic E-state index is -3.94. The summed E-state index contributed by atoms with van der Waals surface area (Å²) in [4.78, 5) is 12.1. The molecule has 2 aromatic rings. The van der Waals surface area contributed by atoms with Crippen molar-refractivity contribution in [2.24, 2.45) is 5.14 Å². The maximum atomic E-state index is 12.3. The van der Waals surface area contributed by atoms with E-state index in [0.717, 1.165) is 0 Å². The minimum absolute atomic E-state index is 0.0173. The van der Waals surface area contributed by atoms with Crippen molar-refractivity contribution in [3.05, 3.63) is 47.5 Å². The molecule has 0 spiro atoms. The van der Waals surface area contributed by atoms with Gasteiger partial charge in [-0.1, -0.05) is 17.6 Å². The Morgan fingerprint density at radius 3 is 2.58 bits per heavy atom. The molecule has 7 nitrogen and oxygen atoms in total. The van der Waals surface area contributed by atoms with Crippen molar-refractivity contribution in [1.82, 2.24) is 0 Å². The summed E-state index contributed by atoms with van der Waals surface area (Å²) in [6.45, 7) is -0.288. The topological polar surface area (TPSA) is 119 Å². The number of aliphatic hydroxyl groups is 1. The third kappa shape index (κ3) is 3.94. The molecule has 0 saturated heterocycles. The fourth-order valence-electron chi connectivity index (χ4n) is 2.07. The summed E-state index contributed by atoms with van der Waals surface area (Å²) in [6.07, 6.45) is 0. The Morgan fingerprint density at radius 1 is 1.29 bits per heavy atom. The summed E-state index contributed by atoms with van der Waals surface area (Å²) in [5.41, 5.74) is 1.44. The predicted octanol–water partition coefficient (Wildman–Crippen LogP) is -0.119. The number of aliphatic hydroxyl groups excluding tert-OH is 1. The molecule has 0 fully saturated rings.